The first-order valence-corrected chi connectivity index (χ1v) is 10.5. The van der Waals surface area contributed by atoms with Gasteiger partial charge in [0.25, 0.3) is 0 Å². The van der Waals surface area contributed by atoms with Gasteiger partial charge >= 0.3 is 6.18 Å². The van der Waals surface area contributed by atoms with E-state index in [0.717, 1.165) is 30.2 Å². The Labute approximate surface area is 180 Å². The molecule has 1 N–H and O–H groups in total. The van der Waals surface area contributed by atoms with Gasteiger partial charge in [0.15, 0.2) is 0 Å². The van der Waals surface area contributed by atoms with Crippen LogP contribution in [0.25, 0.3) is 0 Å². The first-order chi connectivity index (χ1) is 14.8. The van der Waals surface area contributed by atoms with Gasteiger partial charge < -0.3 is 15.0 Å². The molecule has 0 saturated carbocycles. The topological polar surface area (TPSA) is 54.5 Å². The van der Waals surface area contributed by atoms with Crippen molar-refractivity contribution in [2.45, 2.75) is 44.8 Å². The second-order valence-electron chi connectivity index (χ2n) is 7.95. The maximum atomic E-state index is 13.3. The van der Waals surface area contributed by atoms with Crippen molar-refractivity contribution < 1.29 is 22.7 Å². The molecule has 2 unspecified atom stereocenters. The summed E-state index contributed by atoms with van der Waals surface area (Å²) in [6, 6.07) is 10.1. The van der Waals surface area contributed by atoms with Crippen LogP contribution in [0.3, 0.4) is 0 Å². The molecule has 1 aliphatic heterocycles. The number of benzene rings is 1. The summed E-state index contributed by atoms with van der Waals surface area (Å²) < 4.78 is 45.2. The number of carbonyl (C=O) groups excluding carboxylic acids is 1. The van der Waals surface area contributed by atoms with Crippen molar-refractivity contribution in [1.82, 2.24) is 10.3 Å². The Morgan fingerprint density at radius 1 is 1.29 bits per heavy atom. The molecule has 31 heavy (non-hydrogen) atoms. The van der Waals surface area contributed by atoms with Crippen molar-refractivity contribution in [3.63, 3.8) is 0 Å². The highest BCUT2D eigenvalue weighted by molar-refractivity contribution is 5.79. The van der Waals surface area contributed by atoms with E-state index in [2.05, 4.69) is 10.3 Å². The van der Waals surface area contributed by atoms with Gasteiger partial charge in [-0.15, -0.1) is 0 Å². The zero-order valence-corrected chi connectivity index (χ0v) is 17.8. The second-order valence-corrected chi connectivity index (χ2v) is 7.95. The molecule has 1 amide bonds. The number of nitrogens with one attached hydrogen (secondary N) is 1. The number of pyridine rings is 1. The van der Waals surface area contributed by atoms with Gasteiger partial charge in [-0.25, -0.2) is 4.98 Å². The standard InChI is InChI=1S/C23H28F3N3O2/c1-16(7-8-17-9-11-19(31-2)12-10-17)28-22(30)18-5-4-14-29(15-18)21-20(23(24,25)26)6-3-13-27-21/h3,6,9-13,16,18H,4-5,7-8,14-15H2,1-2H3,(H,28,30). The fraction of sp³-hybridized carbons (Fsp3) is 0.478. The van der Waals surface area contributed by atoms with E-state index < -0.39 is 11.7 Å². The first kappa shape index (κ1) is 22.9. The number of piperidine rings is 1. The van der Waals surface area contributed by atoms with E-state index in [9.17, 15) is 18.0 Å². The van der Waals surface area contributed by atoms with Gasteiger partial charge in [-0.2, -0.15) is 13.2 Å². The minimum Gasteiger partial charge on any atom is -0.497 e. The van der Waals surface area contributed by atoms with E-state index >= 15 is 0 Å². The Morgan fingerprint density at radius 2 is 2.03 bits per heavy atom. The lowest BCUT2D eigenvalue weighted by Crippen LogP contribution is -2.46. The van der Waals surface area contributed by atoms with Crippen molar-refractivity contribution in [2.24, 2.45) is 5.92 Å². The number of hydrogen-bond donors (Lipinski definition) is 1. The molecule has 1 aromatic carbocycles. The Balaban J connectivity index is 1.56. The molecule has 0 radical (unpaired) electrons. The molecule has 1 saturated heterocycles. The summed E-state index contributed by atoms with van der Waals surface area (Å²) in [5, 5.41) is 3.03. The number of aromatic nitrogens is 1. The fourth-order valence-electron chi connectivity index (χ4n) is 3.86. The van der Waals surface area contributed by atoms with Crippen LogP contribution in [0.4, 0.5) is 19.0 Å². The number of alkyl halides is 3. The van der Waals surface area contributed by atoms with Crippen LogP contribution >= 0.6 is 0 Å². The maximum Gasteiger partial charge on any atom is 0.419 e. The number of ether oxygens (including phenoxy) is 1. The van der Waals surface area contributed by atoms with Crippen molar-refractivity contribution in [3.05, 3.63) is 53.7 Å². The van der Waals surface area contributed by atoms with Gasteiger partial charge in [-0.1, -0.05) is 12.1 Å². The van der Waals surface area contributed by atoms with Gasteiger partial charge in [-0.3, -0.25) is 4.79 Å². The average Bonchev–Trinajstić information content (AvgIpc) is 2.77. The summed E-state index contributed by atoms with van der Waals surface area (Å²) >= 11 is 0. The lowest BCUT2D eigenvalue weighted by Gasteiger charge is -2.34. The minimum absolute atomic E-state index is 0.0365. The molecule has 2 aromatic rings. The van der Waals surface area contributed by atoms with E-state index in [1.165, 1.54) is 12.3 Å². The van der Waals surface area contributed by atoms with E-state index in [4.69, 9.17) is 4.74 Å². The van der Waals surface area contributed by atoms with Gasteiger partial charge in [0.05, 0.1) is 18.6 Å². The fourth-order valence-corrected chi connectivity index (χ4v) is 3.86. The van der Waals surface area contributed by atoms with Crippen LogP contribution in [-0.4, -0.2) is 37.1 Å². The van der Waals surface area contributed by atoms with Crippen molar-refractivity contribution in [2.75, 3.05) is 25.1 Å². The van der Waals surface area contributed by atoms with Crippen LogP contribution in [0.5, 0.6) is 5.75 Å². The predicted octanol–water partition coefficient (Wildman–Crippen LogP) is 4.46. The smallest absolute Gasteiger partial charge is 0.419 e. The Bertz CT molecular complexity index is 871. The number of nitrogens with zero attached hydrogens (tertiary/aromatic N) is 2. The summed E-state index contributed by atoms with van der Waals surface area (Å²) in [7, 11) is 1.62. The summed E-state index contributed by atoms with van der Waals surface area (Å²) in [4.78, 5) is 18.3. The average molecular weight is 435 g/mol. The largest absolute Gasteiger partial charge is 0.497 e. The molecule has 2 heterocycles. The first-order valence-electron chi connectivity index (χ1n) is 10.5. The van der Waals surface area contributed by atoms with E-state index in [1.54, 1.807) is 12.0 Å². The quantitative estimate of drug-likeness (QED) is 0.698. The number of hydrogen-bond acceptors (Lipinski definition) is 4. The highest BCUT2D eigenvalue weighted by Crippen LogP contribution is 2.36. The normalized spacial score (nSPS) is 17.8. The summed E-state index contributed by atoms with van der Waals surface area (Å²) in [5.41, 5.74) is 0.393. The third kappa shape index (κ3) is 6.12. The highest BCUT2D eigenvalue weighted by Gasteiger charge is 2.37. The lowest BCUT2D eigenvalue weighted by atomic mass is 9.96. The molecule has 5 nitrogen and oxygen atoms in total. The van der Waals surface area contributed by atoms with Gasteiger partial charge in [0.1, 0.15) is 11.6 Å². The number of rotatable bonds is 7. The molecule has 1 aromatic heterocycles. The van der Waals surface area contributed by atoms with E-state index in [1.807, 2.05) is 31.2 Å². The zero-order chi connectivity index (χ0) is 22.4. The summed E-state index contributed by atoms with van der Waals surface area (Å²) in [6.45, 7) is 2.64. The van der Waals surface area contributed by atoms with Crippen LogP contribution in [0.15, 0.2) is 42.6 Å². The predicted molar refractivity (Wildman–Crippen MR) is 113 cm³/mol. The number of aryl methyl sites for hydroxylation is 1. The highest BCUT2D eigenvalue weighted by atomic mass is 19.4. The van der Waals surface area contributed by atoms with Gasteiger partial charge in [-0.05, 0) is 62.4 Å². The van der Waals surface area contributed by atoms with E-state index in [-0.39, 0.29) is 30.2 Å². The van der Waals surface area contributed by atoms with Crippen LogP contribution in [-0.2, 0) is 17.4 Å². The molecule has 1 aliphatic rings. The van der Waals surface area contributed by atoms with Crippen LogP contribution in [0.2, 0.25) is 0 Å². The molecular weight excluding hydrogens is 407 g/mol. The molecule has 0 bridgehead atoms. The zero-order valence-electron chi connectivity index (χ0n) is 17.8. The number of anilines is 1. The number of halogens is 3. The third-order valence-electron chi connectivity index (χ3n) is 5.60. The molecule has 0 aliphatic carbocycles. The lowest BCUT2D eigenvalue weighted by molar-refractivity contribution is -0.137. The van der Waals surface area contributed by atoms with Gasteiger partial charge in [0.2, 0.25) is 5.91 Å². The molecule has 168 valence electrons. The number of carbonyl (C=O) groups is 1. The maximum absolute atomic E-state index is 13.3. The van der Waals surface area contributed by atoms with Crippen LogP contribution in [0, 0.1) is 5.92 Å². The SMILES string of the molecule is COc1ccc(CCC(C)NC(=O)C2CCCN(c3ncccc3C(F)(F)F)C2)cc1. The monoisotopic (exact) mass is 435 g/mol. The number of methoxy groups -OCH3 is 1. The third-order valence-corrected chi connectivity index (χ3v) is 5.60. The van der Waals surface area contributed by atoms with Gasteiger partial charge in [0, 0.05) is 25.3 Å². The van der Waals surface area contributed by atoms with Crippen LogP contribution in [0.1, 0.15) is 37.3 Å². The molecule has 8 heteroatoms. The minimum atomic E-state index is -4.48. The van der Waals surface area contributed by atoms with Crippen molar-refractivity contribution >= 4 is 11.7 Å². The van der Waals surface area contributed by atoms with E-state index in [0.29, 0.717) is 19.4 Å². The molecule has 3 rings (SSSR count). The van der Waals surface area contributed by atoms with Crippen molar-refractivity contribution in [3.8, 4) is 5.75 Å². The summed E-state index contributed by atoms with van der Waals surface area (Å²) in [5.74, 6) is 0.227. The summed E-state index contributed by atoms with van der Waals surface area (Å²) in [6.07, 6.45) is -0.240. The molecule has 0 spiro atoms. The molecular formula is C23H28F3N3O2. The molecule has 1 fully saturated rings. The number of amides is 1. The molecule has 2 atom stereocenters. The van der Waals surface area contributed by atoms with Crippen LogP contribution < -0.4 is 15.0 Å². The Hall–Kier alpha value is -2.77. The van der Waals surface area contributed by atoms with Crippen molar-refractivity contribution in [1.29, 1.82) is 0 Å². The Kier molecular flexibility index (Phi) is 7.41. The Morgan fingerprint density at radius 3 is 2.71 bits per heavy atom. The second kappa shape index (κ2) is 10.0.